The van der Waals surface area contributed by atoms with E-state index in [9.17, 15) is 27.9 Å². The molecule has 0 spiro atoms. The fraction of sp³-hybridized carbons (Fsp3) is 0.273. The number of hydrogen-bond donors (Lipinski definition) is 1. The molecule has 0 saturated heterocycles. The summed E-state index contributed by atoms with van der Waals surface area (Å²) in [7, 11) is 1.76. The van der Waals surface area contributed by atoms with Gasteiger partial charge in [-0.15, -0.1) is 0 Å². The maximum absolute atomic E-state index is 13.2. The maximum Gasteiger partial charge on any atom is 0.416 e. The molecule has 10 heteroatoms. The second kappa shape index (κ2) is 7.84. The zero-order valence-corrected chi connectivity index (χ0v) is 18.6. The predicted octanol–water partition coefficient (Wildman–Crippen LogP) is 4.86. The first-order chi connectivity index (χ1) is 15.0. The summed E-state index contributed by atoms with van der Waals surface area (Å²) >= 11 is 3.39. The van der Waals surface area contributed by atoms with Crippen LogP contribution < -0.4 is 10.5 Å². The summed E-state index contributed by atoms with van der Waals surface area (Å²) in [6.07, 6.45) is -4.46. The highest BCUT2D eigenvalue weighted by atomic mass is 79.9. The molecule has 32 heavy (non-hydrogen) atoms. The van der Waals surface area contributed by atoms with Crippen LogP contribution in [-0.2, 0) is 17.5 Å². The fourth-order valence-corrected chi connectivity index (χ4v) is 4.48. The van der Waals surface area contributed by atoms with Gasteiger partial charge in [-0.1, -0.05) is 28.1 Å². The third-order valence-corrected chi connectivity index (χ3v) is 6.04. The van der Waals surface area contributed by atoms with Crippen LogP contribution in [0.4, 0.5) is 18.9 Å². The van der Waals surface area contributed by atoms with Crippen LogP contribution in [0, 0.1) is 0 Å². The Balaban J connectivity index is 1.92. The molecule has 0 aliphatic carbocycles. The molecule has 1 aliphatic rings. The number of halogens is 4. The van der Waals surface area contributed by atoms with Gasteiger partial charge in [-0.05, 0) is 36.8 Å². The van der Waals surface area contributed by atoms with Crippen molar-refractivity contribution >= 4 is 38.5 Å². The van der Waals surface area contributed by atoms with Crippen molar-refractivity contribution in [2.45, 2.75) is 25.7 Å². The lowest BCUT2D eigenvalue weighted by Crippen LogP contribution is -2.39. The zero-order chi connectivity index (χ0) is 23.4. The van der Waals surface area contributed by atoms with Gasteiger partial charge in [-0.25, -0.2) is 4.79 Å². The van der Waals surface area contributed by atoms with Crippen molar-refractivity contribution in [1.82, 2.24) is 4.57 Å². The summed E-state index contributed by atoms with van der Waals surface area (Å²) in [6.45, 7) is 1.68. The van der Waals surface area contributed by atoms with Crippen molar-refractivity contribution in [3.05, 3.63) is 67.9 Å². The number of pyridine rings is 1. The summed E-state index contributed by atoms with van der Waals surface area (Å²) in [6, 6.07) is 7.61. The van der Waals surface area contributed by atoms with Crippen molar-refractivity contribution in [2.75, 3.05) is 18.6 Å². The number of aromatic hydroxyl groups is 1. The molecular weight excluding hydrogens is 493 g/mol. The Kier molecular flexibility index (Phi) is 5.44. The number of benzene rings is 2. The molecule has 0 saturated carbocycles. The monoisotopic (exact) mass is 510 g/mol. The minimum absolute atomic E-state index is 0.0242. The van der Waals surface area contributed by atoms with Crippen LogP contribution in [0.1, 0.15) is 34.5 Å². The molecule has 6 nitrogen and oxygen atoms in total. The van der Waals surface area contributed by atoms with Crippen LogP contribution in [-0.4, -0.2) is 29.3 Å². The van der Waals surface area contributed by atoms with Gasteiger partial charge < -0.3 is 19.3 Å². The maximum atomic E-state index is 13.2. The van der Waals surface area contributed by atoms with E-state index in [1.165, 1.54) is 16.7 Å². The van der Waals surface area contributed by atoms with Gasteiger partial charge in [-0.3, -0.25) is 4.79 Å². The fourth-order valence-electron chi connectivity index (χ4n) is 4.04. The van der Waals surface area contributed by atoms with E-state index in [0.29, 0.717) is 21.2 Å². The van der Waals surface area contributed by atoms with E-state index in [0.717, 1.165) is 12.1 Å². The van der Waals surface area contributed by atoms with Crippen LogP contribution in [0.2, 0.25) is 0 Å². The molecule has 1 aliphatic heterocycles. The Morgan fingerprint density at radius 3 is 2.50 bits per heavy atom. The normalized spacial score (nSPS) is 15.8. The van der Waals surface area contributed by atoms with Crippen molar-refractivity contribution in [3.8, 4) is 5.75 Å². The SMILES string of the molecule is CCOC(=O)c1c(O)c2cc(Br)cc3c2n(c1=O)CC(c1ccc(C(F)(F)F)cc1)N3C. The molecule has 1 N–H and O–H groups in total. The average molecular weight is 511 g/mol. The predicted molar refractivity (Wildman–Crippen MR) is 116 cm³/mol. The van der Waals surface area contributed by atoms with E-state index < -0.39 is 40.6 Å². The first kappa shape index (κ1) is 22.2. The van der Waals surface area contributed by atoms with E-state index >= 15 is 0 Å². The Labute approximate surface area is 189 Å². The minimum atomic E-state index is -4.46. The molecule has 1 atom stereocenters. The second-order valence-corrected chi connectivity index (χ2v) is 8.34. The number of nitrogens with zero attached hydrogens (tertiary/aromatic N) is 2. The van der Waals surface area contributed by atoms with E-state index in [4.69, 9.17) is 4.74 Å². The van der Waals surface area contributed by atoms with E-state index in [-0.39, 0.29) is 18.5 Å². The quantitative estimate of drug-likeness (QED) is 0.509. The Morgan fingerprint density at radius 1 is 1.25 bits per heavy atom. The standard InChI is InChI=1S/C22H18BrF3N2O4/c1-3-32-21(31)17-19(29)14-8-13(23)9-15-18(14)28(20(17)30)10-16(27(15)2)11-4-6-12(7-5-11)22(24,25)26/h4-9,16,29H,3,10H2,1-2H3. The summed E-state index contributed by atoms with van der Waals surface area (Å²) in [4.78, 5) is 27.5. The lowest BCUT2D eigenvalue weighted by molar-refractivity contribution is -0.137. The van der Waals surface area contributed by atoms with Gasteiger partial charge in [0, 0.05) is 16.9 Å². The van der Waals surface area contributed by atoms with Gasteiger partial charge in [0.05, 0.1) is 36.0 Å². The molecule has 0 bridgehead atoms. The smallest absolute Gasteiger partial charge is 0.416 e. The average Bonchev–Trinajstić information content (AvgIpc) is 2.73. The van der Waals surface area contributed by atoms with E-state index in [1.807, 2.05) is 4.90 Å². The second-order valence-electron chi connectivity index (χ2n) is 7.43. The summed E-state index contributed by atoms with van der Waals surface area (Å²) in [5.41, 5.74) is -0.391. The summed E-state index contributed by atoms with van der Waals surface area (Å²) in [5.74, 6) is -1.41. The highest BCUT2D eigenvalue weighted by Crippen LogP contribution is 2.42. The number of carbonyl (C=O) groups is 1. The number of rotatable bonds is 3. The number of anilines is 1. The summed E-state index contributed by atoms with van der Waals surface area (Å²) in [5, 5.41) is 11.0. The highest BCUT2D eigenvalue weighted by molar-refractivity contribution is 9.10. The van der Waals surface area contributed by atoms with Crippen molar-refractivity contribution in [1.29, 1.82) is 0 Å². The Bertz CT molecular complexity index is 1290. The van der Waals surface area contributed by atoms with Crippen LogP contribution in [0.15, 0.2) is 45.7 Å². The van der Waals surface area contributed by atoms with E-state index in [2.05, 4.69) is 15.9 Å². The largest absolute Gasteiger partial charge is 0.506 e. The Hall–Kier alpha value is -3.01. The van der Waals surface area contributed by atoms with Gasteiger partial charge in [0.2, 0.25) is 0 Å². The van der Waals surface area contributed by atoms with Crippen molar-refractivity contribution < 1.29 is 27.8 Å². The number of hydrogen-bond acceptors (Lipinski definition) is 5. The molecule has 4 rings (SSSR count). The number of alkyl halides is 3. The summed E-state index contributed by atoms with van der Waals surface area (Å²) < 4.78 is 45.8. The highest BCUT2D eigenvalue weighted by Gasteiger charge is 2.34. The van der Waals surface area contributed by atoms with E-state index in [1.54, 1.807) is 26.1 Å². The minimum Gasteiger partial charge on any atom is -0.506 e. The number of carbonyl (C=O) groups excluding carboxylic acids is 1. The first-order valence-corrected chi connectivity index (χ1v) is 10.5. The molecule has 1 unspecified atom stereocenters. The lowest BCUT2D eigenvalue weighted by Gasteiger charge is -2.37. The molecule has 2 aromatic carbocycles. The molecular formula is C22H18BrF3N2O4. The van der Waals surface area contributed by atoms with Gasteiger partial charge in [0.15, 0.2) is 5.56 Å². The molecule has 0 amide bonds. The third kappa shape index (κ3) is 3.52. The molecule has 0 fully saturated rings. The number of ether oxygens (including phenoxy) is 1. The topological polar surface area (TPSA) is 71.8 Å². The van der Waals surface area contributed by atoms with Gasteiger partial charge >= 0.3 is 12.1 Å². The van der Waals surface area contributed by atoms with Crippen LogP contribution in [0.3, 0.4) is 0 Å². The number of esters is 1. The molecule has 1 aromatic heterocycles. The number of likely N-dealkylation sites (N-methyl/N-ethyl adjacent to an activating group) is 1. The molecule has 3 aromatic rings. The lowest BCUT2D eigenvalue weighted by atomic mass is 9.98. The molecule has 168 valence electrons. The van der Waals surface area contributed by atoms with Gasteiger partial charge in [0.1, 0.15) is 5.75 Å². The van der Waals surface area contributed by atoms with Crippen LogP contribution >= 0.6 is 15.9 Å². The van der Waals surface area contributed by atoms with Crippen LogP contribution in [0.25, 0.3) is 10.9 Å². The zero-order valence-electron chi connectivity index (χ0n) is 17.0. The number of aromatic nitrogens is 1. The van der Waals surface area contributed by atoms with Gasteiger partial charge in [0.25, 0.3) is 5.56 Å². The first-order valence-electron chi connectivity index (χ1n) is 9.70. The molecule has 0 radical (unpaired) electrons. The van der Waals surface area contributed by atoms with Crippen molar-refractivity contribution in [3.63, 3.8) is 0 Å². The third-order valence-electron chi connectivity index (χ3n) is 5.58. The Morgan fingerprint density at radius 2 is 1.91 bits per heavy atom. The van der Waals surface area contributed by atoms with Crippen LogP contribution in [0.5, 0.6) is 5.75 Å². The molecule has 2 heterocycles. The van der Waals surface area contributed by atoms with Crippen molar-refractivity contribution in [2.24, 2.45) is 0 Å². The van der Waals surface area contributed by atoms with Gasteiger partial charge in [-0.2, -0.15) is 13.2 Å².